The van der Waals surface area contributed by atoms with Crippen molar-refractivity contribution in [2.24, 2.45) is 0 Å². The van der Waals surface area contributed by atoms with Crippen molar-refractivity contribution in [3.05, 3.63) is 59.2 Å². The molecule has 2 rings (SSSR count). The molecule has 0 aliphatic rings. The molecule has 0 saturated carbocycles. The van der Waals surface area contributed by atoms with Gasteiger partial charge in [0.1, 0.15) is 12.4 Å². The van der Waals surface area contributed by atoms with E-state index in [2.05, 4.69) is 10.1 Å². The number of hydrogen-bond donors (Lipinski definition) is 2. The van der Waals surface area contributed by atoms with Gasteiger partial charge >= 0.3 is 6.09 Å². The van der Waals surface area contributed by atoms with Crippen molar-refractivity contribution in [3.8, 4) is 5.75 Å². The molecule has 5 nitrogen and oxygen atoms in total. The largest absolute Gasteiger partial charge is 0.503 e. The predicted molar refractivity (Wildman–Crippen MR) is 79.0 cm³/mol. The molecule has 0 aromatic heterocycles. The smallest absolute Gasteiger partial charge is 0.412 e. The second-order valence-corrected chi connectivity index (χ2v) is 4.67. The zero-order valence-corrected chi connectivity index (χ0v) is 12.3. The van der Waals surface area contributed by atoms with Crippen molar-refractivity contribution in [2.45, 2.75) is 13.2 Å². The Morgan fingerprint density at radius 1 is 1.22 bits per heavy atom. The molecule has 0 aliphatic heterocycles. The third-order valence-corrected chi connectivity index (χ3v) is 3.03. The quantitative estimate of drug-likeness (QED) is 0.826. The summed E-state index contributed by atoms with van der Waals surface area (Å²) < 4.78 is 37.2. The van der Waals surface area contributed by atoms with E-state index in [1.807, 2.05) is 6.07 Å². The van der Waals surface area contributed by atoms with Crippen LogP contribution in [0.25, 0.3) is 0 Å². The molecule has 0 saturated heterocycles. The molecule has 0 heterocycles. The van der Waals surface area contributed by atoms with Gasteiger partial charge in [-0.05, 0) is 5.56 Å². The topological polar surface area (TPSA) is 67.8 Å². The molecule has 23 heavy (non-hydrogen) atoms. The van der Waals surface area contributed by atoms with Gasteiger partial charge in [-0.2, -0.15) is 0 Å². The van der Waals surface area contributed by atoms with Gasteiger partial charge < -0.3 is 14.6 Å². The minimum absolute atomic E-state index is 0.0137. The van der Waals surface area contributed by atoms with Crippen molar-refractivity contribution < 1.29 is 28.2 Å². The van der Waals surface area contributed by atoms with E-state index < -0.39 is 34.7 Å². The Kier molecular flexibility index (Phi) is 5.48. The molecule has 1 amide bonds. The minimum atomic E-state index is -1.19. The number of carbonyl (C=O) groups excluding carboxylic acids is 1. The lowest BCUT2D eigenvalue weighted by molar-refractivity contribution is 0.155. The lowest BCUT2D eigenvalue weighted by atomic mass is 10.1. The van der Waals surface area contributed by atoms with Gasteiger partial charge in [0.15, 0.2) is 11.6 Å². The molecule has 0 fully saturated rings. The van der Waals surface area contributed by atoms with Crippen LogP contribution in [0.5, 0.6) is 5.75 Å². The zero-order valence-electron chi connectivity index (χ0n) is 12.3. The summed E-state index contributed by atoms with van der Waals surface area (Å²) >= 11 is 0. The first-order chi connectivity index (χ1) is 11.0. The SMILES string of the molecule is COCc1c(F)cc(NC(=O)OCc2ccccc2)c(O)c1F. The fraction of sp³-hybridized carbons (Fsp3) is 0.188. The van der Waals surface area contributed by atoms with Gasteiger partial charge in [-0.1, -0.05) is 30.3 Å². The lowest BCUT2D eigenvalue weighted by Crippen LogP contribution is -2.14. The van der Waals surface area contributed by atoms with Crippen LogP contribution in [0.15, 0.2) is 36.4 Å². The first kappa shape index (κ1) is 16.7. The zero-order chi connectivity index (χ0) is 16.8. The molecule has 0 unspecified atom stereocenters. The average molecular weight is 323 g/mol. The molecule has 2 aromatic rings. The highest BCUT2D eigenvalue weighted by Gasteiger charge is 2.19. The molecule has 122 valence electrons. The summed E-state index contributed by atoms with van der Waals surface area (Å²) in [6.07, 6.45) is -0.942. The van der Waals surface area contributed by atoms with E-state index in [0.717, 1.165) is 11.6 Å². The van der Waals surface area contributed by atoms with Gasteiger partial charge in [0.25, 0.3) is 0 Å². The van der Waals surface area contributed by atoms with Crippen molar-refractivity contribution in [3.63, 3.8) is 0 Å². The summed E-state index contributed by atoms with van der Waals surface area (Å²) in [6.45, 7) is -0.357. The van der Waals surface area contributed by atoms with Gasteiger partial charge in [-0.3, -0.25) is 5.32 Å². The van der Waals surface area contributed by atoms with E-state index in [1.54, 1.807) is 24.3 Å². The van der Waals surface area contributed by atoms with Gasteiger partial charge in [0.05, 0.1) is 17.9 Å². The number of halogens is 2. The molecular formula is C16H15F2NO4. The number of phenolic OH excluding ortho intramolecular Hbond substituents is 1. The number of methoxy groups -OCH3 is 1. The number of amides is 1. The second-order valence-electron chi connectivity index (χ2n) is 4.67. The van der Waals surface area contributed by atoms with E-state index in [9.17, 15) is 18.7 Å². The minimum Gasteiger partial charge on any atom is -0.503 e. The Hall–Kier alpha value is -2.67. The van der Waals surface area contributed by atoms with Gasteiger partial charge in [0.2, 0.25) is 0 Å². The van der Waals surface area contributed by atoms with Crippen LogP contribution in [-0.4, -0.2) is 18.3 Å². The second kappa shape index (κ2) is 7.55. The van der Waals surface area contributed by atoms with Crippen molar-refractivity contribution >= 4 is 11.8 Å². The maximum atomic E-state index is 13.8. The van der Waals surface area contributed by atoms with E-state index in [0.29, 0.717) is 0 Å². The Labute approximate surface area is 131 Å². The maximum absolute atomic E-state index is 13.8. The van der Waals surface area contributed by atoms with E-state index in [1.165, 1.54) is 7.11 Å². The Morgan fingerprint density at radius 2 is 1.91 bits per heavy atom. The normalized spacial score (nSPS) is 10.4. The van der Waals surface area contributed by atoms with Crippen LogP contribution in [-0.2, 0) is 22.7 Å². The molecule has 2 aromatic carbocycles. The summed E-state index contributed by atoms with van der Waals surface area (Å²) in [5.41, 5.74) is -0.0919. The predicted octanol–water partition coefficient (Wildman–Crippen LogP) is 3.57. The van der Waals surface area contributed by atoms with Crippen LogP contribution in [0.4, 0.5) is 19.3 Å². The molecule has 0 radical (unpaired) electrons. The van der Waals surface area contributed by atoms with Crippen molar-refractivity contribution in [1.29, 1.82) is 0 Å². The molecule has 7 heteroatoms. The number of ether oxygens (including phenoxy) is 2. The number of hydrogen-bond acceptors (Lipinski definition) is 4. The summed E-state index contributed by atoms with van der Waals surface area (Å²) in [5.74, 6) is -3.01. The van der Waals surface area contributed by atoms with Gasteiger partial charge in [0, 0.05) is 13.2 Å². The number of anilines is 1. The summed E-state index contributed by atoms with van der Waals surface area (Å²) in [4.78, 5) is 11.7. The first-order valence-electron chi connectivity index (χ1n) is 6.69. The Bertz CT molecular complexity index is 692. The monoisotopic (exact) mass is 323 g/mol. The highest BCUT2D eigenvalue weighted by molar-refractivity contribution is 5.86. The fourth-order valence-electron chi connectivity index (χ4n) is 1.89. The standard InChI is InChI=1S/C16H15F2NO4/c1-22-9-11-12(17)7-13(15(20)14(11)18)19-16(21)23-8-10-5-3-2-4-6-10/h2-7,20H,8-9H2,1H3,(H,19,21). The molecule has 0 bridgehead atoms. The third-order valence-electron chi connectivity index (χ3n) is 3.03. The van der Waals surface area contributed by atoms with Crippen molar-refractivity contribution in [1.82, 2.24) is 0 Å². The lowest BCUT2D eigenvalue weighted by Gasteiger charge is -2.12. The number of rotatable bonds is 5. The van der Waals surface area contributed by atoms with Crippen LogP contribution < -0.4 is 5.32 Å². The molecule has 2 N–H and O–H groups in total. The molecule has 0 spiro atoms. The van der Waals surface area contributed by atoms with Gasteiger partial charge in [-0.15, -0.1) is 0 Å². The number of carbonyl (C=O) groups is 1. The van der Waals surface area contributed by atoms with Crippen LogP contribution >= 0.6 is 0 Å². The highest BCUT2D eigenvalue weighted by Crippen LogP contribution is 2.31. The van der Waals surface area contributed by atoms with Gasteiger partial charge in [-0.25, -0.2) is 13.6 Å². The summed E-state index contributed by atoms with van der Waals surface area (Å²) in [6, 6.07) is 9.68. The molecule has 0 aliphatic carbocycles. The number of phenols is 1. The van der Waals surface area contributed by atoms with Crippen molar-refractivity contribution in [2.75, 3.05) is 12.4 Å². The number of benzene rings is 2. The first-order valence-corrected chi connectivity index (χ1v) is 6.69. The van der Waals surface area contributed by atoms with Crippen LogP contribution in [0.1, 0.15) is 11.1 Å². The number of nitrogens with one attached hydrogen (secondary N) is 1. The van der Waals surface area contributed by atoms with Crippen LogP contribution in [0.2, 0.25) is 0 Å². The van der Waals surface area contributed by atoms with E-state index in [-0.39, 0.29) is 13.2 Å². The van der Waals surface area contributed by atoms with Crippen LogP contribution in [0.3, 0.4) is 0 Å². The molecular weight excluding hydrogens is 308 g/mol. The average Bonchev–Trinajstić information content (AvgIpc) is 2.55. The highest BCUT2D eigenvalue weighted by atomic mass is 19.1. The molecule has 0 atom stereocenters. The maximum Gasteiger partial charge on any atom is 0.412 e. The Balaban J connectivity index is 2.06. The van der Waals surface area contributed by atoms with E-state index >= 15 is 0 Å². The van der Waals surface area contributed by atoms with Crippen LogP contribution in [0, 0.1) is 11.6 Å². The van der Waals surface area contributed by atoms with E-state index in [4.69, 9.17) is 4.74 Å². The Morgan fingerprint density at radius 3 is 2.57 bits per heavy atom. The summed E-state index contributed by atoms with van der Waals surface area (Å²) in [7, 11) is 1.27. The summed E-state index contributed by atoms with van der Waals surface area (Å²) in [5, 5.41) is 11.8. The third kappa shape index (κ3) is 4.17. The fourth-order valence-corrected chi connectivity index (χ4v) is 1.89. The number of aromatic hydroxyl groups is 1.